The second-order valence-electron chi connectivity index (χ2n) is 4.31. The van der Waals surface area contributed by atoms with Crippen molar-refractivity contribution < 1.29 is 0 Å². The van der Waals surface area contributed by atoms with Crippen LogP contribution in [0.1, 0.15) is 31.2 Å². The molecule has 0 atom stereocenters. The molecule has 1 fully saturated rings. The van der Waals surface area contributed by atoms with Crippen molar-refractivity contribution in [2.75, 3.05) is 6.54 Å². The molecular formula is C13H15ClN2. The highest BCUT2D eigenvalue weighted by molar-refractivity contribution is 6.30. The van der Waals surface area contributed by atoms with Crippen molar-refractivity contribution in [3.63, 3.8) is 0 Å². The maximum absolute atomic E-state index is 8.70. The fraction of sp³-hybridized carbons (Fsp3) is 0.462. The first-order chi connectivity index (χ1) is 7.77. The van der Waals surface area contributed by atoms with Crippen LogP contribution in [0.2, 0.25) is 5.02 Å². The van der Waals surface area contributed by atoms with Gasteiger partial charge in [0.15, 0.2) is 0 Å². The van der Waals surface area contributed by atoms with Gasteiger partial charge in [-0.1, -0.05) is 36.6 Å². The van der Waals surface area contributed by atoms with E-state index in [0.29, 0.717) is 6.54 Å². The summed E-state index contributed by atoms with van der Waals surface area (Å²) in [6.07, 6.45) is 4.66. The van der Waals surface area contributed by atoms with Crippen LogP contribution in [-0.4, -0.2) is 6.54 Å². The highest BCUT2D eigenvalue weighted by atomic mass is 35.5. The molecule has 1 aromatic rings. The highest BCUT2D eigenvalue weighted by Crippen LogP contribution is 2.38. The molecule has 0 aliphatic heterocycles. The zero-order valence-electron chi connectivity index (χ0n) is 9.17. The first-order valence-electron chi connectivity index (χ1n) is 5.65. The number of hydrogen-bond acceptors (Lipinski definition) is 2. The molecule has 2 nitrogen and oxygen atoms in total. The van der Waals surface area contributed by atoms with Gasteiger partial charge in [0, 0.05) is 10.6 Å². The van der Waals surface area contributed by atoms with E-state index >= 15 is 0 Å². The molecule has 0 aromatic heterocycles. The summed E-state index contributed by atoms with van der Waals surface area (Å²) in [5.41, 5.74) is 1.25. The van der Waals surface area contributed by atoms with E-state index in [0.717, 1.165) is 17.9 Å². The average molecular weight is 235 g/mol. The number of nitriles is 1. The lowest BCUT2D eigenvalue weighted by Crippen LogP contribution is -2.40. The van der Waals surface area contributed by atoms with Gasteiger partial charge in [0.25, 0.3) is 0 Å². The molecule has 0 unspecified atom stereocenters. The Bertz CT molecular complexity index is 385. The summed E-state index contributed by atoms with van der Waals surface area (Å²) in [6.45, 7) is 0.405. The fourth-order valence-electron chi connectivity index (χ4n) is 2.52. The van der Waals surface area contributed by atoms with E-state index in [1.54, 1.807) is 0 Å². The van der Waals surface area contributed by atoms with Crippen LogP contribution in [0.3, 0.4) is 0 Å². The third-order valence-electron chi connectivity index (χ3n) is 3.36. The molecular weight excluding hydrogens is 220 g/mol. The maximum atomic E-state index is 8.70. The molecule has 1 aromatic carbocycles. The minimum Gasteiger partial charge on any atom is -0.295 e. The normalized spacial score (nSPS) is 18.2. The Morgan fingerprint density at radius 2 is 1.88 bits per heavy atom. The third kappa shape index (κ3) is 2.21. The molecule has 1 saturated carbocycles. The second kappa shape index (κ2) is 4.86. The number of rotatable bonds is 3. The number of halogens is 1. The minimum atomic E-state index is 0.000316. The zero-order chi connectivity index (χ0) is 11.4. The van der Waals surface area contributed by atoms with E-state index in [4.69, 9.17) is 16.9 Å². The first-order valence-corrected chi connectivity index (χ1v) is 6.03. The first kappa shape index (κ1) is 11.4. The van der Waals surface area contributed by atoms with Crippen molar-refractivity contribution in [1.29, 1.82) is 5.26 Å². The summed E-state index contributed by atoms with van der Waals surface area (Å²) in [6, 6.07) is 10.1. The van der Waals surface area contributed by atoms with Gasteiger partial charge in [-0.15, -0.1) is 0 Å². The van der Waals surface area contributed by atoms with E-state index in [9.17, 15) is 0 Å². The molecule has 0 bridgehead atoms. The number of benzene rings is 1. The SMILES string of the molecule is N#CCNC1(c2ccc(Cl)cc2)CCCC1. The van der Waals surface area contributed by atoms with E-state index < -0.39 is 0 Å². The zero-order valence-corrected chi connectivity index (χ0v) is 9.93. The van der Waals surface area contributed by atoms with Gasteiger partial charge in [0.2, 0.25) is 0 Å². The van der Waals surface area contributed by atoms with Crippen LogP contribution < -0.4 is 5.32 Å². The van der Waals surface area contributed by atoms with Gasteiger partial charge in [-0.3, -0.25) is 5.32 Å². The Morgan fingerprint density at radius 3 is 2.44 bits per heavy atom. The Balaban J connectivity index is 2.25. The Labute approximate surface area is 101 Å². The van der Waals surface area contributed by atoms with Gasteiger partial charge >= 0.3 is 0 Å². The van der Waals surface area contributed by atoms with Gasteiger partial charge in [0.05, 0.1) is 12.6 Å². The van der Waals surface area contributed by atoms with Crippen LogP contribution in [-0.2, 0) is 5.54 Å². The summed E-state index contributed by atoms with van der Waals surface area (Å²) in [5.74, 6) is 0. The lowest BCUT2D eigenvalue weighted by atomic mass is 9.88. The van der Waals surface area contributed by atoms with E-state index in [2.05, 4.69) is 23.5 Å². The van der Waals surface area contributed by atoms with Crippen molar-refractivity contribution in [3.05, 3.63) is 34.9 Å². The predicted octanol–water partition coefficient (Wildman–Crippen LogP) is 3.22. The molecule has 0 spiro atoms. The van der Waals surface area contributed by atoms with Crippen LogP contribution in [0.5, 0.6) is 0 Å². The molecule has 84 valence electrons. The minimum absolute atomic E-state index is 0.000316. The van der Waals surface area contributed by atoms with Crippen molar-refractivity contribution in [2.45, 2.75) is 31.2 Å². The fourth-order valence-corrected chi connectivity index (χ4v) is 2.65. The van der Waals surface area contributed by atoms with Crippen LogP contribution in [0.15, 0.2) is 24.3 Å². The van der Waals surface area contributed by atoms with Crippen LogP contribution in [0.4, 0.5) is 0 Å². The van der Waals surface area contributed by atoms with Gasteiger partial charge in [0.1, 0.15) is 0 Å². The standard InChI is InChI=1S/C13H15ClN2/c14-12-5-3-11(4-6-12)13(16-10-9-15)7-1-2-8-13/h3-6,16H,1-2,7-8,10H2. The summed E-state index contributed by atoms with van der Waals surface area (Å²) in [4.78, 5) is 0. The monoisotopic (exact) mass is 234 g/mol. The summed E-state index contributed by atoms with van der Waals surface area (Å²) in [7, 11) is 0. The summed E-state index contributed by atoms with van der Waals surface area (Å²) < 4.78 is 0. The predicted molar refractivity (Wildman–Crippen MR) is 65.2 cm³/mol. The van der Waals surface area contributed by atoms with Crippen LogP contribution in [0, 0.1) is 11.3 Å². The van der Waals surface area contributed by atoms with Gasteiger partial charge in [-0.2, -0.15) is 5.26 Å². The summed E-state index contributed by atoms with van der Waals surface area (Å²) in [5, 5.41) is 12.8. The number of hydrogen-bond donors (Lipinski definition) is 1. The van der Waals surface area contributed by atoms with Crippen LogP contribution in [0.25, 0.3) is 0 Å². The average Bonchev–Trinajstić information content (AvgIpc) is 2.77. The van der Waals surface area contributed by atoms with E-state index in [1.165, 1.54) is 18.4 Å². The molecule has 2 rings (SSSR count). The van der Waals surface area contributed by atoms with E-state index in [-0.39, 0.29) is 5.54 Å². The molecule has 16 heavy (non-hydrogen) atoms. The lowest BCUT2D eigenvalue weighted by Gasteiger charge is -2.30. The Hall–Kier alpha value is -1.04. The lowest BCUT2D eigenvalue weighted by molar-refractivity contribution is 0.359. The van der Waals surface area contributed by atoms with Crippen molar-refractivity contribution in [3.8, 4) is 6.07 Å². The molecule has 0 radical (unpaired) electrons. The smallest absolute Gasteiger partial charge is 0.0847 e. The maximum Gasteiger partial charge on any atom is 0.0847 e. The van der Waals surface area contributed by atoms with Crippen molar-refractivity contribution >= 4 is 11.6 Å². The largest absolute Gasteiger partial charge is 0.295 e. The molecule has 3 heteroatoms. The summed E-state index contributed by atoms with van der Waals surface area (Å²) >= 11 is 5.90. The number of nitrogens with one attached hydrogen (secondary N) is 1. The second-order valence-corrected chi connectivity index (χ2v) is 4.74. The van der Waals surface area contributed by atoms with Crippen molar-refractivity contribution in [1.82, 2.24) is 5.32 Å². The molecule has 1 aliphatic rings. The number of nitrogens with zero attached hydrogens (tertiary/aromatic N) is 1. The quantitative estimate of drug-likeness (QED) is 0.816. The molecule has 1 N–H and O–H groups in total. The highest BCUT2D eigenvalue weighted by Gasteiger charge is 2.34. The van der Waals surface area contributed by atoms with E-state index in [1.807, 2.05) is 12.1 Å². The Morgan fingerprint density at radius 1 is 1.25 bits per heavy atom. The third-order valence-corrected chi connectivity index (χ3v) is 3.61. The molecule has 0 heterocycles. The van der Waals surface area contributed by atoms with Gasteiger partial charge < -0.3 is 0 Å². The molecule has 1 aliphatic carbocycles. The topological polar surface area (TPSA) is 35.8 Å². The van der Waals surface area contributed by atoms with Crippen molar-refractivity contribution in [2.24, 2.45) is 0 Å². The molecule has 0 amide bonds. The van der Waals surface area contributed by atoms with Crippen LogP contribution >= 0.6 is 11.6 Å². The molecule has 0 saturated heterocycles. The van der Waals surface area contributed by atoms with Gasteiger partial charge in [-0.25, -0.2) is 0 Å². The Kier molecular flexibility index (Phi) is 3.48. The van der Waals surface area contributed by atoms with Gasteiger partial charge in [-0.05, 0) is 30.5 Å².